The Morgan fingerprint density at radius 3 is 2.76 bits per heavy atom. The third-order valence-corrected chi connectivity index (χ3v) is 3.80. The smallest absolute Gasteiger partial charge is 0.144 e. The molecular weight excluding hydrogens is 265 g/mol. The predicted octanol–water partition coefficient (Wildman–Crippen LogP) is 3.63. The van der Waals surface area contributed by atoms with Crippen molar-refractivity contribution in [3.05, 3.63) is 53.3 Å². The lowest BCUT2D eigenvalue weighted by atomic mass is 10.1. The summed E-state index contributed by atoms with van der Waals surface area (Å²) >= 11 is 0. The number of nitrogens with zero attached hydrogens (tertiary/aromatic N) is 2. The molecule has 3 aromatic rings. The molecule has 4 heteroatoms. The molecule has 0 saturated carbocycles. The molecule has 0 saturated heterocycles. The first-order valence-corrected chi connectivity index (χ1v) is 7.10. The van der Waals surface area contributed by atoms with Crippen molar-refractivity contribution in [1.29, 1.82) is 0 Å². The van der Waals surface area contributed by atoms with E-state index >= 15 is 0 Å². The van der Waals surface area contributed by atoms with E-state index in [2.05, 4.69) is 4.98 Å². The zero-order chi connectivity index (χ0) is 15.0. The van der Waals surface area contributed by atoms with Gasteiger partial charge in [-0.05, 0) is 43.2 Å². The van der Waals surface area contributed by atoms with Gasteiger partial charge in [0.05, 0.1) is 16.6 Å². The highest BCUT2D eigenvalue weighted by molar-refractivity contribution is 5.81. The quantitative estimate of drug-likeness (QED) is 0.797. The van der Waals surface area contributed by atoms with Crippen LogP contribution in [-0.4, -0.2) is 9.55 Å². The van der Waals surface area contributed by atoms with E-state index in [4.69, 9.17) is 5.73 Å². The van der Waals surface area contributed by atoms with Crippen molar-refractivity contribution in [2.45, 2.75) is 26.9 Å². The van der Waals surface area contributed by atoms with Gasteiger partial charge in [-0.15, -0.1) is 0 Å². The molecule has 0 aliphatic carbocycles. The molecule has 1 aromatic heterocycles. The minimum Gasteiger partial charge on any atom is -0.326 e. The van der Waals surface area contributed by atoms with E-state index in [1.165, 1.54) is 0 Å². The molecule has 2 aromatic carbocycles. The summed E-state index contributed by atoms with van der Waals surface area (Å²) in [4.78, 5) is 4.63. The second-order valence-corrected chi connectivity index (χ2v) is 5.14. The Morgan fingerprint density at radius 2 is 2.05 bits per heavy atom. The molecule has 0 spiro atoms. The first-order valence-electron chi connectivity index (χ1n) is 7.10. The average molecular weight is 283 g/mol. The van der Waals surface area contributed by atoms with Crippen LogP contribution in [0.3, 0.4) is 0 Å². The third kappa shape index (κ3) is 2.21. The third-order valence-electron chi connectivity index (χ3n) is 3.80. The molecule has 108 valence electrons. The van der Waals surface area contributed by atoms with E-state index in [1.807, 2.05) is 35.8 Å². The van der Waals surface area contributed by atoms with Crippen molar-refractivity contribution in [2.75, 3.05) is 0 Å². The Hall–Kier alpha value is -2.20. The molecule has 0 unspecified atom stereocenters. The van der Waals surface area contributed by atoms with Crippen molar-refractivity contribution >= 4 is 11.0 Å². The fourth-order valence-corrected chi connectivity index (χ4v) is 2.65. The zero-order valence-corrected chi connectivity index (χ0v) is 12.2. The fraction of sp³-hybridized carbons (Fsp3) is 0.235. The van der Waals surface area contributed by atoms with Crippen LogP contribution in [0.2, 0.25) is 0 Å². The summed E-state index contributed by atoms with van der Waals surface area (Å²) in [5.74, 6) is 0.462. The lowest BCUT2D eigenvalue weighted by molar-refractivity contribution is 0.618. The summed E-state index contributed by atoms with van der Waals surface area (Å²) in [5, 5.41) is 0. The van der Waals surface area contributed by atoms with E-state index in [0.717, 1.165) is 23.1 Å². The van der Waals surface area contributed by atoms with E-state index in [1.54, 1.807) is 19.1 Å². The number of halogens is 1. The Bertz CT molecular complexity index is 805. The molecule has 1 heterocycles. The van der Waals surface area contributed by atoms with Gasteiger partial charge in [-0.25, -0.2) is 9.37 Å². The van der Waals surface area contributed by atoms with E-state index in [9.17, 15) is 4.39 Å². The second kappa shape index (κ2) is 5.30. The van der Waals surface area contributed by atoms with Gasteiger partial charge in [-0.3, -0.25) is 0 Å². The number of rotatable bonds is 3. The zero-order valence-electron chi connectivity index (χ0n) is 12.2. The summed E-state index contributed by atoms with van der Waals surface area (Å²) in [5.41, 5.74) is 9.74. The molecule has 0 radical (unpaired) electrons. The summed E-state index contributed by atoms with van der Waals surface area (Å²) < 4.78 is 16.4. The topological polar surface area (TPSA) is 43.8 Å². The highest BCUT2D eigenvalue weighted by Gasteiger charge is 2.16. The Balaban J connectivity index is 2.29. The summed E-state index contributed by atoms with van der Waals surface area (Å²) in [7, 11) is 0. The number of aryl methyl sites for hydroxylation is 2. The van der Waals surface area contributed by atoms with Crippen molar-refractivity contribution in [3.63, 3.8) is 0 Å². The molecule has 2 N–H and O–H groups in total. The molecule has 0 atom stereocenters. The highest BCUT2D eigenvalue weighted by atomic mass is 19.1. The highest BCUT2D eigenvalue weighted by Crippen LogP contribution is 2.28. The van der Waals surface area contributed by atoms with Gasteiger partial charge in [0.25, 0.3) is 0 Å². The number of fused-ring (bicyclic) bond motifs is 1. The number of hydrogen-bond acceptors (Lipinski definition) is 2. The van der Waals surface area contributed by atoms with Gasteiger partial charge in [0, 0.05) is 13.1 Å². The van der Waals surface area contributed by atoms with Gasteiger partial charge in [-0.1, -0.05) is 18.2 Å². The predicted molar refractivity (Wildman–Crippen MR) is 83.4 cm³/mol. The molecule has 0 aliphatic heterocycles. The van der Waals surface area contributed by atoms with Crippen LogP contribution in [0, 0.1) is 12.7 Å². The lowest BCUT2D eigenvalue weighted by Gasteiger charge is -2.08. The molecular formula is C17H18FN3. The van der Waals surface area contributed by atoms with Gasteiger partial charge >= 0.3 is 0 Å². The SMILES string of the molecule is CCn1c(-c2cccc(C)c2F)nc2cc(CN)ccc21. The maximum atomic E-state index is 14.4. The Morgan fingerprint density at radius 1 is 1.24 bits per heavy atom. The van der Waals surface area contributed by atoms with E-state index < -0.39 is 0 Å². The normalized spacial score (nSPS) is 11.2. The number of benzene rings is 2. The van der Waals surface area contributed by atoms with E-state index in [-0.39, 0.29) is 5.82 Å². The van der Waals surface area contributed by atoms with Crippen LogP contribution in [0.5, 0.6) is 0 Å². The Labute approximate surface area is 123 Å². The Kier molecular flexibility index (Phi) is 3.47. The second-order valence-electron chi connectivity index (χ2n) is 5.14. The van der Waals surface area contributed by atoms with E-state index in [0.29, 0.717) is 23.5 Å². The summed E-state index contributed by atoms with van der Waals surface area (Å²) in [6.45, 7) is 5.02. The van der Waals surface area contributed by atoms with Gasteiger partial charge in [0.1, 0.15) is 11.6 Å². The standard InChI is InChI=1S/C17H18FN3/c1-3-21-15-8-7-12(10-19)9-14(15)20-17(21)13-6-4-5-11(2)16(13)18/h4-9H,3,10,19H2,1-2H3. The molecule has 0 bridgehead atoms. The molecule has 0 fully saturated rings. The van der Waals surface area contributed by atoms with Gasteiger partial charge < -0.3 is 10.3 Å². The first kappa shape index (κ1) is 13.8. The van der Waals surface area contributed by atoms with Crippen LogP contribution in [-0.2, 0) is 13.1 Å². The largest absolute Gasteiger partial charge is 0.326 e. The lowest BCUT2D eigenvalue weighted by Crippen LogP contribution is -2.00. The van der Waals surface area contributed by atoms with Crippen molar-refractivity contribution < 1.29 is 4.39 Å². The molecule has 0 aliphatic rings. The fourth-order valence-electron chi connectivity index (χ4n) is 2.65. The van der Waals surface area contributed by atoms with Gasteiger partial charge in [0.2, 0.25) is 0 Å². The average Bonchev–Trinajstić information content (AvgIpc) is 2.87. The van der Waals surface area contributed by atoms with Crippen LogP contribution in [0.4, 0.5) is 4.39 Å². The maximum absolute atomic E-state index is 14.4. The number of aromatic nitrogens is 2. The first-order chi connectivity index (χ1) is 10.2. The van der Waals surface area contributed by atoms with Crippen molar-refractivity contribution in [1.82, 2.24) is 9.55 Å². The van der Waals surface area contributed by atoms with Crippen molar-refractivity contribution in [3.8, 4) is 11.4 Å². The van der Waals surface area contributed by atoms with Gasteiger partial charge in [-0.2, -0.15) is 0 Å². The van der Waals surface area contributed by atoms with Crippen LogP contribution < -0.4 is 5.73 Å². The van der Waals surface area contributed by atoms with Gasteiger partial charge in [0.15, 0.2) is 0 Å². The maximum Gasteiger partial charge on any atom is 0.144 e. The minimum atomic E-state index is -0.207. The number of imidazole rings is 1. The van der Waals surface area contributed by atoms with Crippen molar-refractivity contribution in [2.24, 2.45) is 5.73 Å². The number of nitrogens with two attached hydrogens (primary N) is 1. The molecule has 3 nitrogen and oxygen atoms in total. The molecule has 21 heavy (non-hydrogen) atoms. The summed E-state index contributed by atoms with van der Waals surface area (Å²) in [6, 6.07) is 11.4. The molecule has 3 rings (SSSR count). The minimum absolute atomic E-state index is 0.207. The monoisotopic (exact) mass is 283 g/mol. The molecule has 0 amide bonds. The van der Waals surface area contributed by atoms with Crippen LogP contribution in [0.15, 0.2) is 36.4 Å². The van der Waals surface area contributed by atoms with Crippen LogP contribution in [0.1, 0.15) is 18.1 Å². The van der Waals surface area contributed by atoms with Crippen LogP contribution in [0.25, 0.3) is 22.4 Å². The number of hydrogen-bond donors (Lipinski definition) is 1. The summed E-state index contributed by atoms with van der Waals surface area (Å²) in [6.07, 6.45) is 0. The van der Waals surface area contributed by atoms with Crippen LogP contribution >= 0.6 is 0 Å².